The van der Waals surface area contributed by atoms with E-state index in [9.17, 15) is 0 Å². The molecule has 0 saturated carbocycles. The van der Waals surface area contributed by atoms with E-state index in [1.807, 2.05) is 6.08 Å². The molecule has 2 heterocycles. The minimum absolute atomic E-state index is 0.118. The molecular weight excluding hydrogens is 230 g/mol. The fourth-order valence-corrected chi connectivity index (χ4v) is 2.58. The van der Waals surface area contributed by atoms with E-state index in [-0.39, 0.29) is 18.1 Å². The lowest BCUT2D eigenvalue weighted by Gasteiger charge is -2.20. The Labute approximate surface area is 106 Å². The highest BCUT2D eigenvalue weighted by Crippen LogP contribution is 2.26. The van der Waals surface area contributed by atoms with E-state index in [0.717, 1.165) is 31.7 Å². The van der Waals surface area contributed by atoms with Gasteiger partial charge < -0.3 is 15.0 Å². The summed E-state index contributed by atoms with van der Waals surface area (Å²) in [4.78, 5) is 4.46. The lowest BCUT2D eigenvalue weighted by atomic mass is 10.1. The normalized spacial score (nSPS) is 31.9. The van der Waals surface area contributed by atoms with Crippen molar-refractivity contribution in [1.29, 1.82) is 0 Å². The molecule has 0 spiro atoms. The van der Waals surface area contributed by atoms with E-state index in [0.29, 0.717) is 5.89 Å². The Bertz CT molecular complexity index is 424. The summed E-state index contributed by atoms with van der Waals surface area (Å²) in [6.07, 6.45) is 9.42. The maximum atomic E-state index is 5.82. The van der Waals surface area contributed by atoms with Crippen LogP contribution in [-0.2, 0) is 11.2 Å². The molecule has 0 bridgehead atoms. The molecule has 0 amide bonds. The topological polar surface area (TPSA) is 74.2 Å². The zero-order valence-electron chi connectivity index (χ0n) is 10.4. The van der Waals surface area contributed by atoms with Crippen LogP contribution in [-0.4, -0.2) is 28.9 Å². The van der Waals surface area contributed by atoms with Gasteiger partial charge in [-0.25, -0.2) is 0 Å². The Morgan fingerprint density at radius 2 is 2.28 bits per heavy atom. The highest BCUT2D eigenvalue weighted by molar-refractivity contribution is 5.15. The van der Waals surface area contributed by atoms with Crippen molar-refractivity contribution in [2.45, 2.75) is 50.2 Å². The largest absolute Gasteiger partial charge is 0.378 e. The molecule has 1 aliphatic carbocycles. The van der Waals surface area contributed by atoms with Gasteiger partial charge >= 0.3 is 0 Å². The summed E-state index contributed by atoms with van der Waals surface area (Å²) in [6.45, 7) is 0.857. The van der Waals surface area contributed by atoms with Crippen LogP contribution in [0.15, 0.2) is 16.7 Å². The Balaban J connectivity index is 1.61. The summed E-state index contributed by atoms with van der Waals surface area (Å²) >= 11 is 0. The first kappa shape index (κ1) is 11.9. The zero-order valence-corrected chi connectivity index (χ0v) is 10.4. The Kier molecular flexibility index (Phi) is 3.43. The molecule has 5 heteroatoms. The third-order valence-electron chi connectivity index (χ3n) is 3.60. The molecule has 3 rings (SSSR count). The summed E-state index contributed by atoms with van der Waals surface area (Å²) in [5, 5.41) is 4.04. The molecule has 1 fully saturated rings. The lowest BCUT2D eigenvalue weighted by molar-refractivity contribution is 0.0153. The van der Waals surface area contributed by atoms with Gasteiger partial charge in [0.2, 0.25) is 5.89 Å². The Morgan fingerprint density at radius 1 is 1.33 bits per heavy atom. The van der Waals surface area contributed by atoms with Gasteiger partial charge in [0.1, 0.15) is 0 Å². The smallest absolute Gasteiger partial charge is 0.233 e. The van der Waals surface area contributed by atoms with Crippen molar-refractivity contribution in [3.8, 4) is 0 Å². The Hall–Kier alpha value is -1.20. The number of ether oxygens (including phenoxy) is 1. The fraction of sp³-hybridized carbons (Fsp3) is 0.692. The average molecular weight is 249 g/mol. The standard InChI is InChI=1S/C13H19N3O2/c14-10-5-4-9(7-10)13-15-12(16-18-13)8-11-3-1-2-6-17-11/h4-5,9-11H,1-3,6-8,14H2. The molecule has 18 heavy (non-hydrogen) atoms. The molecule has 5 nitrogen and oxygen atoms in total. The molecule has 98 valence electrons. The van der Waals surface area contributed by atoms with E-state index in [2.05, 4.69) is 16.2 Å². The summed E-state index contributed by atoms with van der Waals surface area (Å²) in [5.41, 5.74) is 5.82. The fourth-order valence-electron chi connectivity index (χ4n) is 2.58. The minimum Gasteiger partial charge on any atom is -0.378 e. The Morgan fingerprint density at radius 3 is 3.00 bits per heavy atom. The number of nitrogens with two attached hydrogens (primary N) is 1. The third-order valence-corrected chi connectivity index (χ3v) is 3.60. The summed E-state index contributed by atoms with van der Waals surface area (Å²) in [7, 11) is 0. The zero-order chi connectivity index (χ0) is 12.4. The van der Waals surface area contributed by atoms with Crippen LogP contribution in [0.3, 0.4) is 0 Å². The van der Waals surface area contributed by atoms with Gasteiger partial charge in [0.05, 0.1) is 12.0 Å². The number of hydrogen-bond acceptors (Lipinski definition) is 5. The number of allylic oxidation sites excluding steroid dienone is 1. The van der Waals surface area contributed by atoms with Crippen molar-refractivity contribution in [1.82, 2.24) is 10.1 Å². The first-order valence-corrected chi connectivity index (χ1v) is 6.69. The predicted molar refractivity (Wildman–Crippen MR) is 66.1 cm³/mol. The second-order valence-electron chi connectivity index (χ2n) is 5.13. The van der Waals surface area contributed by atoms with Crippen LogP contribution >= 0.6 is 0 Å². The first-order chi connectivity index (χ1) is 8.81. The number of rotatable bonds is 3. The van der Waals surface area contributed by atoms with Gasteiger partial charge in [-0.3, -0.25) is 0 Å². The van der Waals surface area contributed by atoms with Crippen molar-refractivity contribution >= 4 is 0 Å². The van der Waals surface area contributed by atoms with Crippen LogP contribution in [0, 0.1) is 0 Å². The van der Waals surface area contributed by atoms with Crippen molar-refractivity contribution in [3.05, 3.63) is 23.9 Å². The van der Waals surface area contributed by atoms with Gasteiger partial charge in [-0.2, -0.15) is 4.98 Å². The van der Waals surface area contributed by atoms with E-state index >= 15 is 0 Å². The lowest BCUT2D eigenvalue weighted by Crippen LogP contribution is -2.21. The maximum Gasteiger partial charge on any atom is 0.233 e. The van der Waals surface area contributed by atoms with Gasteiger partial charge in [0.15, 0.2) is 5.82 Å². The van der Waals surface area contributed by atoms with Gasteiger partial charge in [0, 0.05) is 19.1 Å². The number of aromatic nitrogens is 2. The van der Waals surface area contributed by atoms with Crippen LogP contribution < -0.4 is 5.73 Å². The molecule has 3 atom stereocenters. The molecule has 1 aliphatic heterocycles. The second kappa shape index (κ2) is 5.20. The van der Waals surface area contributed by atoms with Crippen LogP contribution in [0.25, 0.3) is 0 Å². The van der Waals surface area contributed by atoms with Gasteiger partial charge in [-0.05, 0) is 25.7 Å². The van der Waals surface area contributed by atoms with Crippen LogP contribution in [0.5, 0.6) is 0 Å². The van der Waals surface area contributed by atoms with Crippen molar-refractivity contribution < 1.29 is 9.26 Å². The van der Waals surface area contributed by atoms with Crippen molar-refractivity contribution in [2.24, 2.45) is 5.73 Å². The average Bonchev–Trinajstić information content (AvgIpc) is 2.99. The molecule has 2 N–H and O–H groups in total. The van der Waals surface area contributed by atoms with Crippen LogP contribution in [0.4, 0.5) is 0 Å². The number of nitrogens with zero attached hydrogens (tertiary/aromatic N) is 2. The second-order valence-corrected chi connectivity index (χ2v) is 5.13. The molecule has 0 radical (unpaired) electrons. The molecule has 1 aromatic rings. The van der Waals surface area contributed by atoms with Crippen LogP contribution in [0.2, 0.25) is 0 Å². The van der Waals surface area contributed by atoms with E-state index in [4.69, 9.17) is 15.0 Å². The maximum absolute atomic E-state index is 5.82. The predicted octanol–water partition coefficient (Wildman–Crippen LogP) is 1.55. The van der Waals surface area contributed by atoms with Gasteiger partial charge in [0.25, 0.3) is 0 Å². The van der Waals surface area contributed by atoms with E-state index in [1.165, 1.54) is 12.8 Å². The highest BCUT2D eigenvalue weighted by Gasteiger charge is 2.24. The first-order valence-electron chi connectivity index (χ1n) is 6.69. The summed E-state index contributed by atoms with van der Waals surface area (Å²) in [5.74, 6) is 1.63. The summed E-state index contributed by atoms with van der Waals surface area (Å²) < 4.78 is 11.0. The van der Waals surface area contributed by atoms with E-state index < -0.39 is 0 Å². The molecule has 1 aromatic heterocycles. The number of hydrogen-bond donors (Lipinski definition) is 1. The van der Waals surface area contributed by atoms with Crippen LogP contribution in [0.1, 0.15) is 43.3 Å². The van der Waals surface area contributed by atoms with Gasteiger partial charge in [-0.1, -0.05) is 17.3 Å². The highest BCUT2D eigenvalue weighted by atomic mass is 16.5. The molecule has 2 aliphatic rings. The van der Waals surface area contributed by atoms with Crippen molar-refractivity contribution in [2.75, 3.05) is 6.61 Å². The quantitative estimate of drug-likeness (QED) is 0.823. The van der Waals surface area contributed by atoms with E-state index in [1.54, 1.807) is 0 Å². The molecular formula is C13H19N3O2. The van der Waals surface area contributed by atoms with Crippen molar-refractivity contribution in [3.63, 3.8) is 0 Å². The molecule has 0 aromatic carbocycles. The summed E-state index contributed by atoms with van der Waals surface area (Å²) in [6, 6.07) is 0.118. The minimum atomic E-state index is 0.118. The third kappa shape index (κ3) is 2.62. The van der Waals surface area contributed by atoms with Gasteiger partial charge in [-0.15, -0.1) is 0 Å². The molecule has 1 saturated heterocycles. The SMILES string of the molecule is NC1C=CC(c2nc(CC3CCCCO3)no2)C1. The monoisotopic (exact) mass is 249 g/mol. The molecule has 3 unspecified atom stereocenters.